The zero-order chi connectivity index (χ0) is 35.3. The van der Waals surface area contributed by atoms with Gasteiger partial charge in [0.2, 0.25) is 35.4 Å². The van der Waals surface area contributed by atoms with Crippen LogP contribution in [0.5, 0.6) is 0 Å². The Balaban J connectivity index is 1.58. The predicted octanol–water partition coefficient (Wildman–Crippen LogP) is -0.112. The first-order valence-electron chi connectivity index (χ1n) is 17.0. The third kappa shape index (κ3) is 10.6. The second-order valence-corrected chi connectivity index (χ2v) is 12.6. The van der Waals surface area contributed by atoms with E-state index >= 15 is 0 Å². The molecule has 0 unspecified atom stereocenters. The molecule has 0 saturated carbocycles. The van der Waals surface area contributed by atoms with Crippen LogP contribution in [-0.2, 0) is 41.6 Å². The third-order valence-corrected chi connectivity index (χ3v) is 8.80. The lowest BCUT2D eigenvalue weighted by Crippen LogP contribution is -2.61. The number of pyridine rings is 1. The lowest BCUT2D eigenvalue weighted by atomic mass is 10.0. The van der Waals surface area contributed by atoms with E-state index in [1.807, 2.05) is 30.3 Å². The molecule has 6 N–H and O–H groups in total. The molecule has 6 amide bonds. The molecule has 14 nitrogen and oxygen atoms in total. The minimum absolute atomic E-state index is 0.00156. The van der Waals surface area contributed by atoms with Crippen molar-refractivity contribution in [3.8, 4) is 0 Å². The number of nitrogens with one attached hydrogen (secondary N) is 5. The topological polar surface area (TPSA) is 199 Å². The number of hydrogen-bond donors (Lipinski definition) is 6. The number of benzene rings is 1. The SMILES string of the molecule is CC[C@@H]1NC(=O)[C@@H](NC(=O)Cc2cccnc2)CCCCNC(=O)[C@@H]2CCCN2C(=O)[C@@H](Cc2ccccc2)NC(=O)[C@H]([C@@H](C)O)NC1=O. The minimum atomic E-state index is -1.46. The van der Waals surface area contributed by atoms with Crippen LogP contribution in [-0.4, -0.2) is 99.8 Å². The Bertz CT molecular complexity index is 1460. The van der Waals surface area contributed by atoms with Gasteiger partial charge >= 0.3 is 0 Å². The maximum Gasteiger partial charge on any atom is 0.246 e. The lowest BCUT2D eigenvalue weighted by Gasteiger charge is -2.30. The Labute approximate surface area is 286 Å². The third-order valence-electron chi connectivity index (χ3n) is 8.80. The van der Waals surface area contributed by atoms with Crippen LogP contribution >= 0.6 is 0 Å². The number of aromatic nitrogens is 1. The van der Waals surface area contributed by atoms with Gasteiger partial charge < -0.3 is 36.6 Å². The molecule has 2 aliphatic rings. The van der Waals surface area contributed by atoms with Crippen molar-refractivity contribution in [3.63, 3.8) is 0 Å². The molecule has 2 aliphatic heterocycles. The smallest absolute Gasteiger partial charge is 0.246 e. The van der Waals surface area contributed by atoms with Crippen LogP contribution in [0.2, 0.25) is 0 Å². The van der Waals surface area contributed by atoms with Crippen LogP contribution in [0.3, 0.4) is 0 Å². The summed E-state index contributed by atoms with van der Waals surface area (Å²) >= 11 is 0. The van der Waals surface area contributed by atoms with Crippen molar-refractivity contribution in [1.29, 1.82) is 0 Å². The van der Waals surface area contributed by atoms with Crippen LogP contribution in [0, 0.1) is 0 Å². The van der Waals surface area contributed by atoms with E-state index in [0.29, 0.717) is 37.8 Å². The molecular weight excluding hydrogens is 630 g/mol. The van der Waals surface area contributed by atoms with Crippen molar-refractivity contribution in [1.82, 2.24) is 36.5 Å². The summed E-state index contributed by atoms with van der Waals surface area (Å²) in [5.74, 6) is -3.25. The molecule has 1 aromatic heterocycles. The van der Waals surface area contributed by atoms with E-state index in [2.05, 4.69) is 31.6 Å². The van der Waals surface area contributed by atoms with Crippen molar-refractivity contribution in [3.05, 3.63) is 66.0 Å². The molecule has 49 heavy (non-hydrogen) atoms. The van der Waals surface area contributed by atoms with E-state index in [9.17, 15) is 33.9 Å². The molecule has 1 aromatic carbocycles. The number of fused-ring (bicyclic) bond motifs is 1. The van der Waals surface area contributed by atoms with Gasteiger partial charge in [-0.1, -0.05) is 43.3 Å². The Hall–Kier alpha value is -4.85. The zero-order valence-electron chi connectivity index (χ0n) is 28.0. The number of amides is 6. The second-order valence-electron chi connectivity index (χ2n) is 12.6. The number of nitrogens with zero attached hydrogens (tertiary/aromatic N) is 2. The highest BCUT2D eigenvalue weighted by atomic mass is 16.3. The molecule has 0 spiro atoms. The Morgan fingerprint density at radius 3 is 2.33 bits per heavy atom. The van der Waals surface area contributed by atoms with Crippen LogP contribution in [0.4, 0.5) is 0 Å². The average molecular weight is 678 g/mol. The van der Waals surface area contributed by atoms with Gasteiger partial charge in [0.15, 0.2) is 0 Å². The fraction of sp³-hybridized carbons (Fsp3) is 0.514. The van der Waals surface area contributed by atoms with Gasteiger partial charge in [-0.3, -0.25) is 33.8 Å². The minimum Gasteiger partial charge on any atom is -0.391 e. The molecule has 2 aromatic rings. The van der Waals surface area contributed by atoms with Gasteiger partial charge in [-0.25, -0.2) is 0 Å². The highest BCUT2D eigenvalue weighted by Gasteiger charge is 2.39. The van der Waals surface area contributed by atoms with Gasteiger partial charge in [-0.05, 0) is 62.6 Å². The normalized spacial score (nSPS) is 25.3. The standard InChI is InChI=1S/C35H47N7O7/c1-3-25-31(45)41-30(22(2)43)34(48)40-27(19-23-11-5-4-6-12-23)35(49)42-18-10-15-28(42)33(47)37-17-8-7-14-26(32(46)39-25)38-29(44)20-24-13-9-16-36-21-24/h4-6,9,11-13,16,21-22,25-28,30,43H,3,7-8,10,14-15,17-20H2,1-2H3,(H,37,47)(H,38,44)(H,39,46)(H,40,48)(H,41,45)/t22-,25+,26+,27-,28+,30+/m1/s1. The monoisotopic (exact) mass is 677 g/mol. The maximum absolute atomic E-state index is 14.0. The highest BCUT2D eigenvalue weighted by molar-refractivity contribution is 5.97. The Morgan fingerprint density at radius 2 is 1.63 bits per heavy atom. The fourth-order valence-electron chi connectivity index (χ4n) is 6.10. The lowest BCUT2D eigenvalue weighted by molar-refractivity contribution is -0.142. The van der Waals surface area contributed by atoms with E-state index in [1.54, 1.807) is 31.5 Å². The van der Waals surface area contributed by atoms with Gasteiger partial charge in [-0.15, -0.1) is 0 Å². The van der Waals surface area contributed by atoms with E-state index < -0.39 is 65.8 Å². The number of hydrogen-bond acceptors (Lipinski definition) is 8. The molecule has 0 radical (unpaired) electrons. The van der Waals surface area contributed by atoms with Crippen LogP contribution < -0.4 is 26.6 Å². The van der Waals surface area contributed by atoms with Crippen LogP contribution in [0.15, 0.2) is 54.9 Å². The number of aliphatic hydroxyl groups is 1. The maximum atomic E-state index is 14.0. The molecular formula is C35H47N7O7. The summed E-state index contributed by atoms with van der Waals surface area (Å²) in [5.41, 5.74) is 1.44. The molecule has 6 atom stereocenters. The number of rotatable bonds is 7. The molecule has 4 rings (SSSR count). The summed E-state index contributed by atoms with van der Waals surface area (Å²) < 4.78 is 0. The van der Waals surface area contributed by atoms with Crippen molar-refractivity contribution in [2.24, 2.45) is 0 Å². The highest BCUT2D eigenvalue weighted by Crippen LogP contribution is 2.20. The van der Waals surface area contributed by atoms with Gasteiger partial charge in [0.25, 0.3) is 0 Å². The molecule has 0 aliphatic carbocycles. The van der Waals surface area contributed by atoms with Gasteiger partial charge in [0, 0.05) is 31.9 Å². The van der Waals surface area contributed by atoms with Crippen LogP contribution in [0.25, 0.3) is 0 Å². The first-order valence-corrected chi connectivity index (χ1v) is 17.0. The van der Waals surface area contributed by atoms with Gasteiger partial charge in [-0.2, -0.15) is 0 Å². The van der Waals surface area contributed by atoms with Gasteiger partial charge in [0.05, 0.1) is 12.5 Å². The number of carbonyl (C=O) groups is 6. The largest absolute Gasteiger partial charge is 0.391 e. The first-order chi connectivity index (χ1) is 23.6. The second kappa shape index (κ2) is 18.1. The molecule has 14 heteroatoms. The summed E-state index contributed by atoms with van der Waals surface area (Å²) in [7, 11) is 0. The fourth-order valence-corrected chi connectivity index (χ4v) is 6.10. The summed E-state index contributed by atoms with van der Waals surface area (Å²) in [5, 5.41) is 24.2. The van der Waals surface area contributed by atoms with Crippen molar-refractivity contribution in [2.45, 2.75) is 102 Å². The number of aliphatic hydroxyl groups excluding tert-OH is 1. The van der Waals surface area contributed by atoms with E-state index in [1.165, 1.54) is 11.8 Å². The quantitative estimate of drug-likeness (QED) is 0.233. The van der Waals surface area contributed by atoms with Gasteiger partial charge in [0.1, 0.15) is 30.2 Å². The molecule has 0 bridgehead atoms. The van der Waals surface area contributed by atoms with E-state index in [0.717, 1.165) is 5.56 Å². The summed E-state index contributed by atoms with van der Waals surface area (Å²) in [4.78, 5) is 86.3. The van der Waals surface area contributed by atoms with Crippen molar-refractivity contribution in [2.75, 3.05) is 13.1 Å². The van der Waals surface area contributed by atoms with Crippen molar-refractivity contribution < 1.29 is 33.9 Å². The molecule has 2 saturated heterocycles. The molecule has 3 heterocycles. The first kappa shape index (κ1) is 37.0. The summed E-state index contributed by atoms with van der Waals surface area (Å²) in [6.07, 6.45) is 4.32. The van der Waals surface area contributed by atoms with E-state index in [4.69, 9.17) is 0 Å². The number of carbonyl (C=O) groups excluding carboxylic acids is 6. The molecule has 2 fully saturated rings. The summed E-state index contributed by atoms with van der Waals surface area (Å²) in [6, 6.07) is 7.20. The zero-order valence-corrected chi connectivity index (χ0v) is 28.0. The molecule has 264 valence electrons. The Morgan fingerprint density at radius 1 is 0.898 bits per heavy atom. The van der Waals surface area contributed by atoms with Crippen molar-refractivity contribution >= 4 is 35.4 Å². The Kier molecular flexibility index (Phi) is 13.6. The summed E-state index contributed by atoms with van der Waals surface area (Å²) in [6.45, 7) is 3.63. The average Bonchev–Trinajstić information content (AvgIpc) is 3.58. The van der Waals surface area contributed by atoms with E-state index in [-0.39, 0.29) is 38.1 Å². The predicted molar refractivity (Wildman–Crippen MR) is 179 cm³/mol. The van der Waals surface area contributed by atoms with Crippen LogP contribution in [0.1, 0.15) is 63.5 Å².